The number of Topliss-reactive ketones (excluding diaryl/α,β-unsaturated/α-hetero) is 1. The van der Waals surface area contributed by atoms with Gasteiger partial charge in [-0.05, 0) is 54.4 Å². The number of allylic oxidation sites excluding steroid dienone is 2. The molecule has 6 heteroatoms. The van der Waals surface area contributed by atoms with Gasteiger partial charge >= 0.3 is 0 Å². The van der Waals surface area contributed by atoms with E-state index in [1.807, 2.05) is 18.2 Å². The average Bonchev–Trinajstić information content (AvgIpc) is 3.75. The van der Waals surface area contributed by atoms with E-state index in [1.165, 1.54) is 4.90 Å². The predicted octanol–water partition coefficient (Wildman–Crippen LogP) is 4.74. The first-order valence-electron chi connectivity index (χ1n) is 13.0. The van der Waals surface area contributed by atoms with Gasteiger partial charge in [-0.2, -0.15) is 0 Å². The van der Waals surface area contributed by atoms with Crippen LogP contribution in [0, 0.1) is 35.5 Å². The maximum atomic E-state index is 13.3. The van der Waals surface area contributed by atoms with Crippen molar-refractivity contribution in [2.45, 2.75) is 6.42 Å². The van der Waals surface area contributed by atoms with Crippen molar-refractivity contribution in [1.29, 1.82) is 0 Å². The molecule has 6 atom stereocenters. The van der Waals surface area contributed by atoms with Crippen molar-refractivity contribution in [3.8, 4) is 5.75 Å². The summed E-state index contributed by atoms with van der Waals surface area (Å²) >= 11 is 0. The molecule has 0 aromatic heterocycles. The Morgan fingerprint density at radius 2 is 1.26 bits per heavy atom. The normalized spacial score (nSPS) is 28.2. The summed E-state index contributed by atoms with van der Waals surface area (Å²) in [6, 6.07) is 22.3. The van der Waals surface area contributed by atoms with E-state index < -0.39 is 0 Å². The molecule has 2 bridgehead atoms. The number of ketones is 2. The predicted molar refractivity (Wildman–Crippen MR) is 140 cm³/mol. The van der Waals surface area contributed by atoms with Gasteiger partial charge in [-0.25, -0.2) is 0 Å². The fourth-order valence-electron chi connectivity index (χ4n) is 6.70. The van der Waals surface area contributed by atoms with Gasteiger partial charge in [0.25, 0.3) is 0 Å². The number of hydrogen-bond acceptors (Lipinski definition) is 5. The number of ether oxygens (including phenoxy) is 1. The lowest BCUT2D eigenvalue weighted by molar-refractivity contribution is -0.124. The molecule has 1 aliphatic heterocycles. The van der Waals surface area contributed by atoms with Crippen LogP contribution in [-0.4, -0.2) is 30.0 Å². The van der Waals surface area contributed by atoms with Crippen molar-refractivity contribution in [1.82, 2.24) is 0 Å². The van der Waals surface area contributed by atoms with Gasteiger partial charge in [0.1, 0.15) is 5.75 Å². The molecule has 188 valence electrons. The molecule has 0 radical (unpaired) electrons. The first-order valence-corrected chi connectivity index (χ1v) is 13.0. The number of nitrogens with zero attached hydrogens (tertiary/aromatic N) is 1. The van der Waals surface area contributed by atoms with E-state index in [-0.39, 0.29) is 53.7 Å². The zero-order valence-electron chi connectivity index (χ0n) is 20.5. The van der Waals surface area contributed by atoms with Gasteiger partial charge in [0.2, 0.25) is 11.8 Å². The van der Waals surface area contributed by atoms with E-state index >= 15 is 0 Å². The van der Waals surface area contributed by atoms with Crippen LogP contribution in [0.1, 0.15) is 32.7 Å². The molecule has 1 saturated heterocycles. The first-order chi connectivity index (χ1) is 18.5. The van der Waals surface area contributed by atoms with Gasteiger partial charge < -0.3 is 4.74 Å². The fourth-order valence-corrected chi connectivity index (χ4v) is 6.70. The summed E-state index contributed by atoms with van der Waals surface area (Å²) in [5, 5.41) is 0. The molecule has 0 unspecified atom stereocenters. The van der Waals surface area contributed by atoms with Gasteiger partial charge in [0, 0.05) is 16.7 Å². The largest absolute Gasteiger partial charge is 0.485 e. The maximum absolute atomic E-state index is 13.3. The molecule has 0 spiro atoms. The molecular formula is C32H25NO5. The van der Waals surface area contributed by atoms with Gasteiger partial charge in [0.15, 0.2) is 18.2 Å². The Balaban J connectivity index is 0.992. The van der Waals surface area contributed by atoms with Crippen molar-refractivity contribution < 1.29 is 23.9 Å². The van der Waals surface area contributed by atoms with Gasteiger partial charge in [-0.3, -0.25) is 24.1 Å². The second-order valence-corrected chi connectivity index (χ2v) is 10.6. The highest BCUT2D eigenvalue weighted by molar-refractivity contribution is 6.22. The van der Waals surface area contributed by atoms with Crippen LogP contribution in [0.3, 0.4) is 0 Å². The van der Waals surface area contributed by atoms with Crippen LogP contribution < -0.4 is 9.64 Å². The number of benzene rings is 3. The Bertz CT molecular complexity index is 1460. The monoisotopic (exact) mass is 503 g/mol. The highest BCUT2D eigenvalue weighted by Crippen LogP contribution is 2.65. The number of imide groups is 1. The molecule has 6 nitrogen and oxygen atoms in total. The molecule has 3 aromatic carbocycles. The molecule has 4 aliphatic carbocycles. The molecule has 5 aliphatic rings. The van der Waals surface area contributed by atoms with Crippen LogP contribution >= 0.6 is 0 Å². The van der Waals surface area contributed by atoms with Crippen molar-refractivity contribution in [2.24, 2.45) is 35.5 Å². The summed E-state index contributed by atoms with van der Waals surface area (Å²) in [4.78, 5) is 53.1. The minimum Gasteiger partial charge on any atom is -0.485 e. The van der Waals surface area contributed by atoms with Crippen LogP contribution in [0.5, 0.6) is 5.75 Å². The summed E-state index contributed by atoms with van der Waals surface area (Å²) < 4.78 is 5.68. The third-order valence-electron chi connectivity index (χ3n) is 8.63. The van der Waals surface area contributed by atoms with Crippen LogP contribution in [0.4, 0.5) is 5.69 Å². The molecule has 3 fully saturated rings. The topological polar surface area (TPSA) is 80.8 Å². The molecule has 8 rings (SSSR count). The summed E-state index contributed by atoms with van der Waals surface area (Å²) in [6.07, 6.45) is 5.46. The summed E-state index contributed by atoms with van der Waals surface area (Å²) in [5.74, 6) is 1.01. The lowest BCUT2D eigenvalue weighted by Gasteiger charge is -2.37. The minimum absolute atomic E-state index is 0.0947. The Kier molecular flexibility index (Phi) is 5.18. The quantitative estimate of drug-likeness (QED) is 0.264. The van der Waals surface area contributed by atoms with Crippen LogP contribution in [0.25, 0.3) is 0 Å². The fraction of sp³-hybridized carbons (Fsp3) is 0.250. The molecule has 2 amide bonds. The zero-order valence-corrected chi connectivity index (χ0v) is 20.5. The average molecular weight is 504 g/mol. The summed E-state index contributed by atoms with van der Waals surface area (Å²) in [6.45, 7) is -0.172. The lowest BCUT2D eigenvalue weighted by Crippen LogP contribution is -2.40. The zero-order chi connectivity index (χ0) is 26.0. The Morgan fingerprint density at radius 1 is 0.711 bits per heavy atom. The van der Waals surface area contributed by atoms with E-state index in [2.05, 4.69) is 12.2 Å². The third kappa shape index (κ3) is 3.55. The third-order valence-corrected chi connectivity index (χ3v) is 8.63. The molecule has 38 heavy (non-hydrogen) atoms. The number of anilines is 1. The molecule has 1 heterocycles. The van der Waals surface area contributed by atoms with Crippen molar-refractivity contribution in [3.05, 3.63) is 108 Å². The number of carbonyl (C=O) groups is 4. The van der Waals surface area contributed by atoms with Gasteiger partial charge in [-0.1, -0.05) is 66.7 Å². The van der Waals surface area contributed by atoms with Crippen molar-refractivity contribution in [3.63, 3.8) is 0 Å². The van der Waals surface area contributed by atoms with Crippen LogP contribution in [-0.2, 0) is 9.59 Å². The number of carbonyl (C=O) groups excluding carboxylic acids is 4. The smallest absolute Gasteiger partial charge is 0.238 e. The van der Waals surface area contributed by atoms with Crippen molar-refractivity contribution >= 4 is 29.1 Å². The first kappa shape index (κ1) is 22.8. The minimum atomic E-state index is -0.232. The Morgan fingerprint density at radius 3 is 1.87 bits per heavy atom. The van der Waals surface area contributed by atoms with Crippen molar-refractivity contribution in [2.75, 3.05) is 11.5 Å². The van der Waals surface area contributed by atoms with Gasteiger partial charge in [0.05, 0.1) is 17.5 Å². The van der Waals surface area contributed by atoms with Crippen LogP contribution in [0.2, 0.25) is 0 Å². The van der Waals surface area contributed by atoms with E-state index in [9.17, 15) is 19.2 Å². The molecule has 0 N–H and O–H groups in total. The van der Waals surface area contributed by atoms with Gasteiger partial charge in [-0.15, -0.1) is 0 Å². The van der Waals surface area contributed by atoms with E-state index in [0.29, 0.717) is 40.0 Å². The second-order valence-electron chi connectivity index (χ2n) is 10.6. The summed E-state index contributed by atoms with van der Waals surface area (Å²) in [7, 11) is 0. The lowest BCUT2D eigenvalue weighted by atomic mass is 9.63. The summed E-state index contributed by atoms with van der Waals surface area (Å²) in [5.41, 5.74) is 2.09. The maximum Gasteiger partial charge on any atom is 0.238 e. The second kappa shape index (κ2) is 8.62. The van der Waals surface area contributed by atoms with Crippen LogP contribution in [0.15, 0.2) is 91.0 Å². The number of amides is 2. The van der Waals surface area contributed by atoms with E-state index in [4.69, 9.17) is 4.74 Å². The van der Waals surface area contributed by atoms with E-state index in [1.54, 1.807) is 60.7 Å². The molecule has 3 aromatic rings. The molecular weight excluding hydrogens is 478 g/mol. The highest BCUT2D eigenvalue weighted by atomic mass is 16.5. The standard InChI is InChI=1S/C32H25NO5/c34-27(18-6-8-20(9-7-18)30(35)19-4-2-1-3-5-19)17-38-22-12-10-21(11-13-22)33-31(36)28-23-14-15-24(26-16-25(23)26)29(28)32(33)37/h1-15,23-26,28-29H,16-17H2/t23-,24+,25+,26-,28-,29+. The van der Waals surface area contributed by atoms with E-state index in [0.717, 1.165) is 6.42 Å². The Hall–Kier alpha value is -4.32. The molecule has 2 saturated carbocycles. The SMILES string of the molecule is O=C(COc1ccc(N2C(=O)[C@@H]3[C@@H]4C=C[C@@H]([C@H]5C[C@@H]45)[C@@H]3C2=O)cc1)c1ccc(C(=O)c2ccccc2)cc1. The number of rotatable bonds is 7. The number of hydrogen-bond donors (Lipinski definition) is 0. The highest BCUT2D eigenvalue weighted by Gasteiger charge is 2.67. The Labute approximate surface area is 219 Å².